The van der Waals surface area contributed by atoms with Crippen molar-refractivity contribution < 1.29 is 9.53 Å². The molecule has 1 saturated heterocycles. The Balaban J connectivity index is 1.82. The molecule has 0 radical (unpaired) electrons. The average Bonchev–Trinajstić information content (AvgIpc) is 3.27. The quantitative estimate of drug-likeness (QED) is 0.639. The lowest BCUT2D eigenvalue weighted by Gasteiger charge is -2.33. The van der Waals surface area contributed by atoms with Crippen LogP contribution >= 0.6 is 0 Å². The van der Waals surface area contributed by atoms with Gasteiger partial charge in [-0.2, -0.15) is 0 Å². The Labute approximate surface area is 133 Å². The van der Waals surface area contributed by atoms with Crippen LogP contribution in [0.1, 0.15) is 46.5 Å². The molecule has 0 bridgehead atoms. The Morgan fingerprint density at radius 2 is 2.05 bits per heavy atom. The van der Waals surface area contributed by atoms with Crippen molar-refractivity contribution in [2.45, 2.75) is 58.1 Å². The number of hydrogen-bond acceptors (Lipinski definition) is 3. The summed E-state index contributed by atoms with van der Waals surface area (Å²) in [7, 11) is 2.00. The first-order valence-corrected chi connectivity index (χ1v) is 8.27. The summed E-state index contributed by atoms with van der Waals surface area (Å²) in [4.78, 5) is 20.5. The fraction of sp³-hybridized carbons (Fsp3) is 0.875. The molecule has 0 aromatic heterocycles. The average molecular weight is 310 g/mol. The third-order valence-corrected chi connectivity index (χ3v) is 4.14. The van der Waals surface area contributed by atoms with Gasteiger partial charge in [0, 0.05) is 32.7 Å². The van der Waals surface area contributed by atoms with Gasteiger partial charge < -0.3 is 20.3 Å². The van der Waals surface area contributed by atoms with Gasteiger partial charge in [0.2, 0.25) is 0 Å². The summed E-state index contributed by atoms with van der Waals surface area (Å²) in [6.07, 6.45) is 4.29. The maximum Gasteiger partial charge on any atom is 0.410 e. The van der Waals surface area contributed by atoms with Crippen LogP contribution in [0.4, 0.5) is 4.79 Å². The maximum atomic E-state index is 12.1. The van der Waals surface area contributed by atoms with Gasteiger partial charge in [0.15, 0.2) is 5.96 Å². The van der Waals surface area contributed by atoms with E-state index in [2.05, 4.69) is 9.89 Å². The van der Waals surface area contributed by atoms with Crippen LogP contribution in [0.2, 0.25) is 0 Å². The van der Waals surface area contributed by atoms with E-state index in [1.54, 1.807) is 4.90 Å². The van der Waals surface area contributed by atoms with Crippen LogP contribution in [0.3, 0.4) is 0 Å². The molecule has 2 aliphatic rings. The van der Waals surface area contributed by atoms with Gasteiger partial charge in [-0.3, -0.25) is 4.99 Å². The zero-order chi connectivity index (χ0) is 16.3. The largest absolute Gasteiger partial charge is 0.444 e. The molecule has 2 N–H and O–H groups in total. The zero-order valence-corrected chi connectivity index (χ0v) is 14.3. The highest BCUT2D eigenvalue weighted by molar-refractivity contribution is 5.78. The van der Waals surface area contributed by atoms with Crippen LogP contribution in [-0.4, -0.2) is 60.2 Å². The molecule has 0 aromatic carbocycles. The Morgan fingerprint density at radius 1 is 1.36 bits per heavy atom. The molecule has 0 aromatic rings. The van der Waals surface area contributed by atoms with Gasteiger partial charge in [0.25, 0.3) is 0 Å². The summed E-state index contributed by atoms with van der Waals surface area (Å²) in [5.74, 6) is 0.990. The van der Waals surface area contributed by atoms with Crippen molar-refractivity contribution in [3.63, 3.8) is 0 Å². The second-order valence-corrected chi connectivity index (χ2v) is 7.48. The Bertz CT molecular complexity index is 426. The molecule has 1 amide bonds. The number of nitrogens with two attached hydrogens (primary N) is 1. The number of hydrogen-bond donors (Lipinski definition) is 1. The van der Waals surface area contributed by atoms with E-state index in [0.717, 1.165) is 19.4 Å². The van der Waals surface area contributed by atoms with Crippen molar-refractivity contribution in [1.82, 2.24) is 9.80 Å². The van der Waals surface area contributed by atoms with Gasteiger partial charge in [-0.05, 0) is 52.4 Å². The minimum atomic E-state index is -0.445. The third kappa shape index (κ3) is 5.07. The maximum absolute atomic E-state index is 12.1. The summed E-state index contributed by atoms with van der Waals surface area (Å²) in [6, 6.07) is 0.577. The fourth-order valence-corrected chi connectivity index (χ4v) is 2.69. The highest BCUT2D eigenvalue weighted by Crippen LogP contribution is 2.25. The Morgan fingerprint density at radius 3 is 2.64 bits per heavy atom. The minimum Gasteiger partial charge on any atom is -0.444 e. The van der Waals surface area contributed by atoms with Crippen molar-refractivity contribution in [3.05, 3.63) is 0 Å². The van der Waals surface area contributed by atoms with Crippen LogP contribution in [-0.2, 0) is 4.74 Å². The molecule has 1 atom stereocenters. The normalized spacial score (nSPS) is 23.4. The molecule has 6 heteroatoms. The molecule has 1 aliphatic heterocycles. The highest BCUT2D eigenvalue weighted by Gasteiger charge is 2.29. The molecule has 2 fully saturated rings. The number of piperidine rings is 1. The molecule has 126 valence electrons. The SMILES string of the molecule is CN(C(N)=NC[C@@H]1CCCN(C(=O)OC(C)(C)C)C1)C1CC1. The van der Waals surface area contributed by atoms with Gasteiger partial charge >= 0.3 is 6.09 Å². The number of rotatable bonds is 3. The van der Waals surface area contributed by atoms with Gasteiger partial charge in [-0.25, -0.2) is 4.79 Å². The molecule has 2 rings (SSSR count). The number of guanidine groups is 1. The third-order valence-electron chi connectivity index (χ3n) is 4.14. The van der Waals surface area contributed by atoms with Crippen LogP contribution < -0.4 is 5.73 Å². The van der Waals surface area contributed by atoms with Crippen molar-refractivity contribution >= 4 is 12.1 Å². The molecule has 1 aliphatic carbocycles. The van der Waals surface area contributed by atoms with E-state index in [1.807, 2.05) is 27.8 Å². The van der Waals surface area contributed by atoms with Gasteiger partial charge in [0.1, 0.15) is 5.60 Å². The van der Waals surface area contributed by atoms with E-state index in [-0.39, 0.29) is 6.09 Å². The summed E-state index contributed by atoms with van der Waals surface area (Å²) < 4.78 is 5.45. The van der Waals surface area contributed by atoms with Gasteiger partial charge in [-0.15, -0.1) is 0 Å². The number of carbonyl (C=O) groups excluding carboxylic acids is 1. The monoisotopic (exact) mass is 310 g/mol. The lowest BCUT2D eigenvalue weighted by Crippen LogP contribution is -2.44. The number of likely N-dealkylation sites (tertiary alicyclic amines) is 1. The summed E-state index contributed by atoms with van der Waals surface area (Å²) in [5.41, 5.74) is 5.58. The first-order chi connectivity index (χ1) is 10.3. The van der Waals surface area contributed by atoms with Gasteiger partial charge in [0.05, 0.1) is 0 Å². The van der Waals surface area contributed by atoms with E-state index >= 15 is 0 Å². The van der Waals surface area contributed by atoms with E-state index in [4.69, 9.17) is 10.5 Å². The first kappa shape index (κ1) is 16.9. The Kier molecular flexibility index (Phi) is 5.19. The van der Waals surface area contributed by atoms with E-state index in [1.165, 1.54) is 12.8 Å². The number of ether oxygens (including phenoxy) is 1. The first-order valence-electron chi connectivity index (χ1n) is 8.27. The summed E-state index contributed by atoms with van der Waals surface area (Å²) in [6.45, 7) is 7.84. The lowest BCUT2D eigenvalue weighted by molar-refractivity contribution is 0.0170. The van der Waals surface area contributed by atoms with Crippen molar-refractivity contribution in [3.8, 4) is 0 Å². The second kappa shape index (κ2) is 6.75. The van der Waals surface area contributed by atoms with Crippen LogP contribution in [0.5, 0.6) is 0 Å². The van der Waals surface area contributed by atoms with E-state index in [0.29, 0.717) is 31.0 Å². The standard InChI is InChI=1S/C16H30N4O2/c1-16(2,3)22-15(21)20-9-5-6-12(11-20)10-18-14(17)19(4)13-7-8-13/h12-13H,5-11H2,1-4H3,(H2,17,18)/t12-/m0/s1. The number of nitrogens with zero attached hydrogens (tertiary/aromatic N) is 3. The molecule has 22 heavy (non-hydrogen) atoms. The van der Waals surface area contributed by atoms with E-state index in [9.17, 15) is 4.79 Å². The predicted octanol–water partition coefficient (Wildman–Crippen LogP) is 2.04. The number of aliphatic imine (C=N–C) groups is 1. The molecular weight excluding hydrogens is 280 g/mol. The molecule has 1 heterocycles. The molecule has 6 nitrogen and oxygen atoms in total. The van der Waals surface area contributed by atoms with Crippen LogP contribution in [0.25, 0.3) is 0 Å². The van der Waals surface area contributed by atoms with Crippen molar-refractivity contribution in [1.29, 1.82) is 0 Å². The zero-order valence-electron chi connectivity index (χ0n) is 14.3. The van der Waals surface area contributed by atoms with Crippen molar-refractivity contribution in [2.75, 3.05) is 26.7 Å². The summed E-state index contributed by atoms with van der Waals surface area (Å²) >= 11 is 0. The molecule has 0 spiro atoms. The molecule has 1 saturated carbocycles. The molecular formula is C16H30N4O2. The Hall–Kier alpha value is -1.46. The van der Waals surface area contributed by atoms with Gasteiger partial charge in [-0.1, -0.05) is 0 Å². The van der Waals surface area contributed by atoms with Crippen LogP contribution in [0, 0.1) is 5.92 Å². The van der Waals surface area contributed by atoms with Crippen LogP contribution in [0.15, 0.2) is 4.99 Å². The lowest BCUT2D eigenvalue weighted by atomic mass is 9.98. The minimum absolute atomic E-state index is 0.218. The van der Waals surface area contributed by atoms with E-state index < -0.39 is 5.60 Å². The highest BCUT2D eigenvalue weighted by atomic mass is 16.6. The number of carbonyl (C=O) groups is 1. The fourth-order valence-electron chi connectivity index (χ4n) is 2.69. The van der Waals surface area contributed by atoms with Crippen molar-refractivity contribution in [2.24, 2.45) is 16.6 Å². The smallest absolute Gasteiger partial charge is 0.410 e. The topological polar surface area (TPSA) is 71.2 Å². The number of amides is 1. The second-order valence-electron chi connectivity index (χ2n) is 7.48. The predicted molar refractivity (Wildman–Crippen MR) is 87.8 cm³/mol. The summed E-state index contributed by atoms with van der Waals surface area (Å²) in [5, 5.41) is 0. The molecule has 0 unspecified atom stereocenters.